The molecule has 0 bridgehead atoms. The van der Waals surface area contributed by atoms with Crippen molar-refractivity contribution in [1.82, 2.24) is 3.97 Å². The molecular weight excluding hydrogens is 246 g/mol. The maximum absolute atomic E-state index is 12.4. The van der Waals surface area contributed by atoms with E-state index in [9.17, 15) is 8.42 Å². The average molecular weight is 261 g/mol. The largest absolute Gasteiger partial charge is 0.267 e. The zero-order valence-electron chi connectivity index (χ0n) is 10.4. The molecule has 2 aromatic rings. The van der Waals surface area contributed by atoms with Crippen molar-refractivity contribution in [2.24, 2.45) is 0 Å². The Balaban J connectivity index is 2.57. The Morgan fingerprint density at radius 1 is 1.22 bits per heavy atom. The van der Waals surface area contributed by atoms with E-state index in [-0.39, 0.29) is 0 Å². The fourth-order valence-electron chi connectivity index (χ4n) is 1.87. The second kappa shape index (κ2) is 4.46. The molecule has 0 N–H and O–H groups in total. The number of hydrogen-bond donors (Lipinski definition) is 0. The lowest BCUT2D eigenvalue weighted by molar-refractivity contribution is 0.587. The third-order valence-corrected chi connectivity index (χ3v) is 4.61. The van der Waals surface area contributed by atoms with E-state index >= 15 is 0 Å². The van der Waals surface area contributed by atoms with Crippen LogP contribution >= 0.6 is 0 Å². The lowest BCUT2D eigenvalue weighted by atomic mass is 10.2. The van der Waals surface area contributed by atoms with Gasteiger partial charge in [0.25, 0.3) is 10.0 Å². The van der Waals surface area contributed by atoms with E-state index in [1.54, 1.807) is 37.4 Å². The molecule has 0 amide bonds. The molecule has 0 saturated carbocycles. The van der Waals surface area contributed by atoms with E-state index in [2.05, 4.69) is 6.58 Å². The first-order valence-electron chi connectivity index (χ1n) is 5.58. The molecule has 94 valence electrons. The molecule has 1 aromatic heterocycles. The van der Waals surface area contributed by atoms with Crippen LogP contribution in [0.1, 0.15) is 16.7 Å². The van der Waals surface area contributed by atoms with Crippen LogP contribution in [0.5, 0.6) is 0 Å². The molecule has 0 aliphatic carbocycles. The monoisotopic (exact) mass is 261 g/mol. The van der Waals surface area contributed by atoms with E-state index in [0.717, 1.165) is 16.7 Å². The van der Waals surface area contributed by atoms with Crippen LogP contribution in [0.2, 0.25) is 0 Å². The minimum Gasteiger partial charge on any atom is -0.248 e. The molecule has 4 heteroatoms. The van der Waals surface area contributed by atoms with Gasteiger partial charge in [-0.05, 0) is 37.1 Å². The van der Waals surface area contributed by atoms with E-state index in [1.807, 2.05) is 13.0 Å². The summed E-state index contributed by atoms with van der Waals surface area (Å²) in [6.07, 6.45) is 4.71. The molecular formula is C14H15NO2S. The van der Waals surface area contributed by atoms with E-state index < -0.39 is 10.0 Å². The Bertz CT molecular complexity index is 696. The van der Waals surface area contributed by atoms with Crippen LogP contribution < -0.4 is 0 Å². The molecule has 0 saturated heterocycles. The van der Waals surface area contributed by atoms with Crippen molar-refractivity contribution in [2.75, 3.05) is 0 Å². The lowest BCUT2D eigenvalue weighted by Gasteiger charge is -2.09. The predicted octanol–water partition coefficient (Wildman–Crippen LogP) is 2.98. The summed E-state index contributed by atoms with van der Waals surface area (Å²) in [5, 5.41) is 0. The summed E-state index contributed by atoms with van der Waals surface area (Å²) < 4.78 is 26.1. The maximum Gasteiger partial charge on any atom is 0.267 e. The van der Waals surface area contributed by atoms with Gasteiger partial charge < -0.3 is 0 Å². The van der Waals surface area contributed by atoms with Crippen molar-refractivity contribution in [2.45, 2.75) is 18.7 Å². The standard InChI is InChI=1S/C14H15NO2S/c1-4-13-7-8-15(10-13)18(16,17)14-6-5-11(2)9-12(14)3/h4-10H,1H2,2-3H3. The van der Waals surface area contributed by atoms with Gasteiger partial charge in [-0.3, -0.25) is 0 Å². The van der Waals surface area contributed by atoms with Gasteiger partial charge in [-0.1, -0.05) is 30.4 Å². The summed E-state index contributed by atoms with van der Waals surface area (Å²) in [6.45, 7) is 7.36. The van der Waals surface area contributed by atoms with Crippen LogP contribution in [0.3, 0.4) is 0 Å². The van der Waals surface area contributed by atoms with Crippen LogP contribution in [0, 0.1) is 13.8 Å². The first-order chi connectivity index (χ1) is 8.45. The minimum absolute atomic E-state index is 0.333. The van der Waals surface area contributed by atoms with E-state index in [4.69, 9.17) is 0 Å². The second-order valence-corrected chi connectivity index (χ2v) is 6.06. The first-order valence-corrected chi connectivity index (χ1v) is 7.02. The van der Waals surface area contributed by atoms with Crippen LogP contribution in [-0.2, 0) is 10.0 Å². The molecule has 0 radical (unpaired) electrons. The Morgan fingerprint density at radius 3 is 2.50 bits per heavy atom. The fraction of sp³-hybridized carbons (Fsp3) is 0.143. The van der Waals surface area contributed by atoms with Crippen LogP contribution in [0.15, 0.2) is 48.1 Å². The molecule has 0 atom stereocenters. The number of rotatable bonds is 3. The highest BCUT2D eigenvalue weighted by atomic mass is 32.2. The van der Waals surface area contributed by atoms with E-state index in [0.29, 0.717) is 4.90 Å². The van der Waals surface area contributed by atoms with Gasteiger partial charge in [-0.15, -0.1) is 0 Å². The number of aromatic nitrogens is 1. The van der Waals surface area contributed by atoms with Gasteiger partial charge in [-0.25, -0.2) is 12.4 Å². The highest BCUT2D eigenvalue weighted by Gasteiger charge is 2.18. The van der Waals surface area contributed by atoms with Crippen molar-refractivity contribution >= 4 is 16.1 Å². The number of benzene rings is 1. The highest BCUT2D eigenvalue weighted by Crippen LogP contribution is 2.20. The topological polar surface area (TPSA) is 39.1 Å². The van der Waals surface area contributed by atoms with Gasteiger partial charge >= 0.3 is 0 Å². The van der Waals surface area contributed by atoms with Crippen molar-refractivity contribution in [3.63, 3.8) is 0 Å². The van der Waals surface area contributed by atoms with Crippen molar-refractivity contribution < 1.29 is 8.42 Å². The number of aryl methyl sites for hydroxylation is 2. The summed E-state index contributed by atoms with van der Waals surface area (Å²) in [4.78, 5) is 0.333. The lowest BCUT2D eigenvalue weighted by Crippen LogP contribution is -2.12. The number of nitrogens with zero attached hydrogens (tertiary/aromatic N) is 1. The molecule has 0 aliphatic heterocycles. The van der Waals surface area contributed by atoms with Gasteiger partial charge in [-0.2, -0.15) is 0 Å². The summed E-state index contributed by atoms with van der Waals surface area (Å²) >= 11 is 0. The predicted molar refractivity (Wildman–Crippen MR) is 73.0 cm³/mol. The van der Waals surface area contributed by atoms with Crippen LogP contribution in [0.4, 0.5) is 0 Å². The van der Waals surface area contributed by atoms with Gasteiger partial charge in [0.2, 0.25) is 0 Å². The molecule has 0 fully saturated rings. The summed E-state index contributed by atoms with van der Waals surface area (Å²) in [7, 11) is -3.51. The molecule has 0 unspecified atom stereocenters. The van der Waals surface area contributed by atoms with Gasteiger partial charge in [0.05, 0.1) is 4.90 Å². The number of hydrogen-bond acceptors (Lipinski definition) is 2. The summed E-state index contributed by atoms with van der Waals surface area (Å²) in [6, 6.07) is 7.03. The van der Waals surface area contributed by atoms with Crippen LogP contribution in [-0.4, -0.2) is 12.4 Å². The minimum atomic E-state index is -3.51. The van der Waals surface area contributed by atoms with Crippen molar-refractivity contribution in [3.8, 4) is 0 Å². The normalized spacial score (nSPS) is 11.4. The van der Waals surface area contributed by atoms with Gasteiger partial charge in [0.15, 0.2) is 0 Å². The Morgan fingerprint density at radius 2 is 1.94 bits per heavy atom. The Kier molecular flexibility index (Phi) is 3.13. The van der Waals surface area contributed by atoms with Gasteiger partial charge in [0, 0.05) is 12.4 Å². The summed E-state index contributed by atoms with van der Waals surface area (Å²) in [5.41, 5.74) is 2.58. The second-order valence-electron chi connectivity index (χ2n) is 4.25. The molecule has 18 heavy (non-hydrogen) atoms. The van der Waals surface area contributed by atoms with Crippen molar-refractivity contribution in [3.05, 3.63) is 59.9 Å². The molecule has 0 aliphatic rings. The molecule has 3 nitrogen and oxygen atoms in total. The quantitative estimate of drug-likeness (QED) is 0.852. The van der Waals surface area contributed by atoms with Crippen molar-refractivity contribution in [1.29, 1.82) is 0 Å². The van der Waals surface area contributed by atoms with E-state index in [1.165, 1.54) is 10.2 Å². The van der Waals surface area contributed by atoms with Crippen LogP contribution in [0.25, 0.3) is 6.08 Å². The smallest absolute Gasteiger partial charge is 0.248 e. The fourth-order valence-corrected chi connectivity index (χ4v) is 3.28. The summed E-state index contributed by atoms with van der Waals surface area (Å²) in [5.74, 6) is 0. The molecule has 1 heterocycles. The zero-order valence-corrected chi connectivity index (χ0v) is 11.2. The first kappa shape index (κ1) is 12.6. The third kappa shape index (κ3) is 2.11. The molecule has 1 aromatic carbocycles. The molecule has 0 spiro atoms. The Hall–Kier alpha value is -1.81. The average Bonchev–Trinajstić information content (AvgIpc) is 2.77. The SMILES string of the molecule is C=Cc1ccn(S(=O)(=O)c2ccc(C)cc2C)c1. The third-order valence-electron chi connectivity index (χ3n) is 2.81. The molecule has 2 rings (SSSR count). The van der Waals surface area contributed by atoms with Gasteiger partial charge in [0.1, 0.15) is 0 Å². The maximum atomic E-state index is 12.4. The highest BCUT2D eigenvalue weighted by molar-refractivity contribution is 7.90. The zero-order chi connectivity index (χ0) is 13.3. The Labute approximate surface area is 107 Å².